The fourth-order valence-electron chi connectivity index (χ4n) is 2.48. The van der Waals surface area contributed by atoms with Crippen LogP contribution in [0.15, 0.2) is 0 Å². The molecule has 0 aliphatic carbocycles. The Kier molecular flexibility index (Phi) is 13.3. The Morgan fingerprint density at radius 2 is 1.52 bits per heavy atom. The molecule has 11 heteroatoms. The number of rotatable bonds is 14. The van der Waals surface area contributed by atoms with Gasteiger partial charge in [0.05, 0.1) is 6.04 Å². The lowest BCUT2D eigenvalue weighted by molar-refractivity contribution is -0.142. The van der Waals surface area contributed by atoms with Crippen LogP contribution in [0.3, 0.4) is 0 Å². The fraction of sp³-hybridized carbons (Fsp3) is 0.778. The van der Waals surface area contributed by atoms with Gasteiger partial charge in [0, 0.05) is 5.75 Å². The number of unbranched alkanes of at least 4 members (excludes halogenated alkanes) is 1. The molecule has 0 saturated carbocycles. The summed E-state index contributed by atoms with van der Waals surface area (Å²) >= 11 is 4.05. The first-order valence-electron chi connectivity index (χ1n) is 9.73. The van der Waals surface area contributed by atoms with Crippen molar-refractivity contribution in [2.45, 2.75) is 70.6 Å². The molecule has 29 heavy (non-hydrogen) atoms. The van der Waals surface area contributed by atoms with E-state index in [1.165, 1.54) is 6.92 Å². The molecular formula is C18H35N5O5S. The predicted molar refractivity (Wildman–Crippen MR) is 113 cm³/mol. The van der Waals surface area contributed by atoms with Crippen molar-refractivity contribution in [2.24, 2.45) is 17.4 Å². The Morgan fingerprint density at radius 1 is 0.931 bits per heavy atom. The van der Waals surface area contributed by atoms with Crippen molar-refractivity contribution in [3.8, 4) is 0 Å². The van der Waals surface area contributed by atoms with Gasteiger partial charge < -0.3 is 32.5 Å². The second-order valence-corrected chi connectivity index (χ2v) is 7.76. The van der Waals surface area contributed by atoms with Crippen molar-refractivity contribution in [2.75, 3.05) is 12.3 Å². The first-order valence-corrected chi connectivity index (χ1v) is 10.4. The summed E-state index contributed by atoms with van der Waals surface area (Å²) in [5.41, 5.74) is 11.2. The number of carbonyl (C=O) groups excluding carboxylic acids is 3. The molecule has 0 fully saturated rings. The van der Waals surface area contributed by atoms with Crippen LogP contribution < -0.4 is 27.4 Å². The molecule has 0 spiro atoms. The van der Waals surface area contributed by atoms with Crippen LogP contribution in [-0.2, 0) is 19.2 Å². The predicted octanol–water partition coefficient (Wildman–Crippen LogP) is -1.02. The van der Waals surface area contributed by atoms with E-state index in [2.05, 4.69) is 28.6 Å². The summed E-state index contributed by atoms with van der Waals surface area (Å²) in [6.07, 6.45) is 2.16. The van der Waals surface area contributed by atoms with Gasteiger partial charge in [-0.05, 0) is 38.6 Å². The van der Waals surface area contributed by atoms with E-state index in [0.29, 0.717) is 19.4 Å². The van der Waals surface area contributed by atoms with Gasteiger partial charge in [-0.25, -0.2) is 4.79 Å². The van der Waals surface area contributed by atoms with Gasteiger partial charge in [-0.15, -0.1) is 0 Å². The van der Waals surface area contributed by atoms with E-state index in [0.717, 1.165) is 6.42 Å². The fourth-order valence-corrected chi connectivity index (χ4v) is 2.74. The van der Waals surface area contributed by atoms with Crippen molar-refractivity contribution in [3.63, 3.8) is 0 Å². The van der Waals surface area contributed by atoms with E-state index in [4.69, 9.17) is 11.5 Å². The summed E-state index contributed by atoms with van der Waals surface area (Å²) < 4.78 is 0. The zero-order valence-electron chi connectivity index (χ0n) is 17.3. The van der Waals surface area contributed by atoms with Crippen molar-refractivity contribution >= 4 is 36.3 Å². The lowest BCUT2D eigenvalue weighted by Crippen LogP contribution is -2.57. The van der Waals surface area contributed by atoms with E-state index in [9.17, 15) is 24.3 Å². The topological polar surface area (TPSA) is 177 Å². The van der Waals surface area contributed by atoms with Crippen LogP contribution in [0.1, 0.15) is 46.5 Å². The Labute approximate surface area is 177 Å². The molecule has 0 aromatic heterocycles. The molecule has 0 aromatic rings. The minimum Gasteiger partial charge on any atom is -0.480 e. The zero-order chi connectivity index (χ0) is 22.6. The van der Waals surface area contributed by atoms with Gasteiger partial charge in [-0.3, -0.25) is 14.4 Å². The van der Waals surface area contributed by atoms with E-state index < -0.39 is 47.9 Å². The van der Waals surface area contributed by atoms with Gasteiger partial charge in [-0.2, -0.15) is 12.6 Å². The van der Waals surface area contributed by atoms with Crippen LogP contribution in [0.4, 0.5) is 0 Å². The SMILES string of the molecule is CC(C)CC(NC(=O)C(CS)NC(=O)C(C)NC(=O)C(N)CCCCN)C(=O)O. The minimum atomic E-state index is -1.15. The third-order valence-corrected chi connectivity index (χ3v) is 4.56. The van der Waals surface area contributed by atoms with E-state index >= 15 is 0 Å². The maximum atomic E-state index is 12.4. The van der Waals surface area contributed by atoms with Crippen LogP contribution in [0.2, 0.25) is 0 Å². The number of aliphatic carboxylic acids is 1. The molecule has 8 N–H and O–H groups in total. The number of carboxylic acids is 1. The second kappa shape index (κ2) is 14.2. The largest absolute Gasteiger partial charge is 0.480 e. The number of amides is 3. The summed E-state index contributed by atoms with van der Waals surface area (Å²) in [5, 5.41) is 16.6. The van der Waals surface area contributed by atoms with Crippen LogP contribution in [0, 0.1) is 5.92 Å². The summed E-state index contributed by atoms with van der Waals surface area (Å²) in [6, 6.07) is -3.79. The van der Waals surface area contributed by atoms with E-state index in [1.54, 1.807) is 0 Å². The van der Waals surface area contributed by atoms with E-state index in [-0.39, 0.29) is 18.1 Å². The van der Waals surface area contributed by atoms with Gasteiger partial charge in [-0.1, -0.05) is 20.3 Å². The number of carboxylic acid groups (broad SMARTS) is 1. The molecule has 10 nitrogen and oxygen atoms in total. The molecule has 3 amide bonds. The molecule has 4 atom stereocenters. The number of nitrogens with one attached hydrogen (secondary N) is 3. The monoisotopic (exact) mass is 433 g/mol. The van der Waals surface area contributed by atoms with Crippen LogP contribution in [-0.4, -0.2) is 65.3 Å². The first-order chi connectivity index (χ1) is 13.5. The average Bonchev–Trinajstić information content (AvgIpc) is 2.64. The van der Waals surface area contributed by atoms with Crippen molar-refractivity contribution in [1.82, 2.24) is 16.0 Å². The number of thiol groups is 1. The highest BCUT2D eigenvalue weighted by Gasteiger charge is 2.28. The highest BCUT2D eigenvalue weighted by atomic mass is 32.1. The van der Waals surface area contributed by atoms with Gasteiger partial charge in [0.25, 0.3) is 0 Å². The standard InChI is InChI=1S/C18H35N5O5S/c1-10(2)8-13(18(27)28)22-17(26)14(9-29)23-15(24)11(3)21-16(25)12(20)6-4-5-7-19/h10-14,29H,4-9,19-20H2,1-3H3,(H,21,25)(H,22,26)(H,23,24)(H,27,28). The third-order valence-electron chi connectivity index (χ3n) is 4.20. The summed E-state index contributed by atoms with van der Waals surface area (Å²) in [4.78, 5) is 48.0. The van der Waals surface area contributed by atoms with Gasteiger partial charge in [0.15, 0.2) is 0 Å². The number of nitrogens with two attached hydrogens (primary N) is 2. The molecular weight excluding hydrogens is 398 g/mol. The van der Waals surface area contributed by atoms with E-state index in [1.807, 2.05) is 13.8 Å². The van der Waals surface area contributed by atoms with Crippen molar-refractivity contribution in [1.29, 1.82) is 0 Å². The Bertz CT molecular complexity index is 561. The molecule has 0 rings (SSSR count). The van der Waals surface area contributed by atoms with Crippen molar-refractivity contribution in [3.05, 3.63) is 0 Å². The van der Waals surface area contributed by atoms with Gasteiger partial charge in [0.2, 0.25) is 17.7 Å². The Hall–Kier alpha value is -1.85. The Morgan fingerprint density at radius 3 is 2.00 bits per heavy atom. The van der Waals surface area contributed by atoms with Gasteiger partial charge >= 0.3 is 5.97 Å². The molecule has 0 aromatic carbocycles. The van der Waals surface area contributed by atoms with Crippen LogP contribution in [0.5, 0.6) is 0 Å². The summed E-state index contributed by atoms with van der Waals surface area (Å²) in [6.45, 7) is 5.66. The first kappa shape index (κ1) is 27.1. The molecule has 0 aliphatic rings. The number of carbonyl (C=O) groups is 4. The molecule has 0 heterocycles. The lowest BCUT2D eigenvalue weighted by atomic mass is 10.0. The maximum Gasteiger partial charge on any atom is 0.326 e. The zero-order valence-corrected chi connectivity index (χ0v) is 18.2. The lowest BCUT2D eigenvalue weighted by Gasteiger charge is -2.23. The number of hydrogen-bond donors (Lipinski definition) is 7. The Balaban J connectivity index is 4.73. The number of hydrogen-bond acceptors (Lipinski definition) is 7. The molecule has 0 saturated heterocycles. The molecule has 0 radical (unpaired) electrons. The van der Waals surface area contributed by atoms with Crippen LogP contribution in [0.25, 0.3) is 0 Å². The molecule has 0 bridgehead atoms. The minimum absolute atomic E-state index is 0.0368. The quantitative estimate of drug-likeness (QED) is 0.135. The third kappa shape index (κ3) is 11.1. The highest BCUT2D eigenvalue weighted by molar-refractivity contribution is 7.80. The average molecular weight is 434 g/mol. The highest BCUT2D eigenvalue weighted by Crippen LogP contribution is 2.06. The molecule has 4 unspecified atom stereocenters. The smallest absolute Gasteiger partial charge is 0.326 e. The van der Waals surface area contributed by atoms with Crippen molar-refractivity contribution < 1.29 is 24.3 Å². The summed E-state index contributed by atoms with van der Waals surface area (Å²) in [5.74, 6) is -2.86. The summed E-state index contributed by atoms with van der Waals surface area (Å²) in [7, 11) is 0. The molecule has 168 valence electrons. The van der Waals surface area contributed by atoms with Gasteiger partial charge in [0.1, 0.15) is 18.1 Å². The second-order valence-electron chi connectivity index (χ2n) is 7.39. The maximum absolute atomic E-state index is 12.4. The normalized spacial score (nSPS) is 15.1. The van der Waals surface area contributed by atoms with Crippen LogP contribution >= 0.6 is 12.6 Å². The molecule has 0 aliphatic heterocycles.